The van der Waals surface area contributed by atoms with Crippen molar-refractivity contribution < 1.29 is 9.53 Å². The molecule has 1 fully saturated rings. The Morgan fingerprint density at radius 1 is 1.42 bits per heavy atom. The minimum absolute atomic E-state index is 0.0946. The molecule has 3 heterocycles. The number of aryl methyl sites for hydroxylation is 2. The van der Waals surface area contributed by atoms with Crippen molar-refractivity contribution in [3.8, 4) is 0 Å². The summed E-state index contributed by atoms with van der Waals surface area (Å²) in [6, 6.07) is 4.19. The molecule has 2 unspecified atom stereocenters. The Kier molecular flexibility index (Phi) is 5.91. The normalized spacial score (nSPS) is 21.2. The van der Waals surface area contributed by atoms with E-state index in [1.165, 1.54) is 16.6 Å². The smallest absolute Gasteiger partial charge is 0.233 e. The van der Waals surface area contributed by atoms with E-state index in [0.717, 1.165) is 18.1 Å². The molecule has 1 amide bonds. The van der Waals surface area contributed by atoms with Crippen LogP contribution in [-0.4, -0.2) is 56.6 Å². The van der Waals surface area contributed by atoms with Crippen molar-refractivity contribution >= 4 is 29.0 Å². The van der Waals surface area contributed by atoms with Crippen LogP contribution >= 0.6 is 23.1 Å². The van der Waals surface area contributed by atoms with Gasteiger partial charge in [0.05, 0.1) is 18.0 Å². The third-order valence-corrected chi connectivity index (χ3v) is 5.76. The summed E-state index contributed by atoms with van der Waals surface area (Å²) in [5, 5.41) is 11.0. The zero-order valence-electron chi connectivity index (χ0n) is 13.9. The number of carbonyl (C=O) groups excluding carboxylic acids is 1. The molecular formula is C16H22N4O2S2. The van der Waals surface area contributed by atoms with Crippen molar-refractivity contribution in [2.45, 2.75) is 44.2 Å². The minimum atomic E-state index is 0.0946. The number of hydrogen-bond acceptors (Lipinski definition) is 6. The first-order valence-corrected chi connectivity index (χ1v) is 9.94. The van der Waals surface area contributed by atoms with Crippen molar-refractivity contribution in [1.82, 2.24) is 19.7 Å². The number of carbonyl (C=O) groups is 1. The van der Waals surface area contributed by atoms with Crippen LogP contribution in [0.25, 0.3) is 0 Å². The van der Waals surface area contributed by atoms with E-state index in [-0.39, 0.29) is 18.1 Å². The van der Waals surface area contributed by atoms with Crippen LogP contribution in [0, 0.1) is 0 Å². The first-order valence-electron chi connectivity index (χ1n) is 8.08. The number of rotatable bonds is 6. The molecule has 2 aromatic rings. The highest BCUT2D eigenvalue weighted by Gasteiger charge is 2.26. The van der Waals surface area contributed by atoms with Crippen molar-refractivity contribution in [1.29, 1.82) is 0 Å². The fraction of sp³-hybridized carbons (Fsp3) is 0.562. The molecule has 1 aliphatic heterocycles. The van der Waals surface area contributed by atoms with Gasteiger partial charge < -0.3 is 14.2 Å². The fourth-order valence-corrected chi connectivity index (χ4v) is 4.34. The predicted octanol–water partition coefficient (Wildman–Crippen LogP) is 2.31. The van der Waals surface area contributed by atoms with Gasteiger partial charge in [-0.05, 0) is 31.7 Å². The van der Waals surface area contributed by atoms with Gasteiger partial charge in [0.15, 0.2) is 5.16 Å². The van der Waals surface area contributed by atoms with Gasteiger partial charge >= 0.3 is 0 Å². The zero-order chi connectivity index (χ0) is 16.9. The van der Waals surface area contributed by atoms with Crippen LogP contribution in [0.5, 0.6) is 0 Å². The summed E-state index contributed by atoms with van der Waals surface area (Å²) in [6.07, 6.45) is 2.88. The number of nitrogens with zero attached hydrogens (tertiary/aromatic N) is 4. The molecular weight excluding hydrogens is 344 g/mol. The fourth-order valence-electron chi connectivity index (χ4n) is 2.79. The summed E-state index contributed by atoms with van der Waals surface area (Å²) >= 11 is 3.21. The second-order valence-corrected chi connectivity index (χ2v) is 7.96. The molecule has 0 aromatic carbocycles. The maximum absolute atomic E-state index is 12.4. The number of morpholine rings is 1. The minimum Gasteiger partial charge on any atom is -0.372 e. The lowest BCUT2D eigenvalue weighted by Gasteiger charge is -2.35. The number of thiophene rings is 1. The molecule has 130 valence electrons. The van der Waals surface area contributed by atoms with Gasteiger partial charge in [0.1, 0.15) is 6.33 Å². The standard InChI is InChI=1S/C16H22N4O2S2/c1-12-8-20(9-13(2)22-12)15(21)10-24-16-18-17-11-19(16)6-5-14-4-3-7-23-14/h3-4,7,11-13H,5-6,8-10H2,1-2H3. The first kappa shape index (κ1) is 17.4. The van der Waals surface area contributed by atoms with Gasteiger partial charge in [-0.3, -0.25) is 4.79 Å². The Labute approximate surface area is 150 Å². The van der Waals surface area contributed by atoms with E-state index >= 15 is 0 Å². The molecule has 0 saturated carbocycles. The summed E-state index contributed by atoms with van der Waals surface area (Å²) in [6.45, 7) is 6.16. The number of aromatic nitrogens is 3. The monoisotopic (exact) mass is 366 g/mol. The Bertz CT molecular complexity index is 649. The molecule has 0 bridgehead atoms. The van der Waals surface area contributed by atoms with Crippen LogP contribution in [0.15, 0.2) is 29.0 Å². The van der Waals surface area contributed by atoms with E-state index in [4.69, 9.17) is 4.74 Å². The summed E-state index contributed by atoms with van der Waals surface area (Å²) < 4.78 is 7.69. The molecule has 0 aliphatic carbocycles. The predicted molar refractivity (Wildman–Crippen MR) is 95.4 cm³/mol. The van der Waals surface area contributed by atoms with Crippen LogP contribution in [0.2, 0.25) is 0 Å². The summed E-state index contributed by atoms with van der Waals surface area (Å²) in [5.41, 5.74) is 0. The Morgan fingerprint density at radius 2 is 2.21 bits per heavy atom. The molecule has 0 spiro atoms. The second kappa shape index (κ2) is 8.13. The van der Waals surface area contributed by atoms with Gasteiger partial charge in [0.25, 0.3) is 0 Å². The Morgan fingerprint density at radius 3 is 2.92 bits per heavy atom. The van der Waals surface area contributed by atoms with Crippen molar-refractivity contribution in [3.63, 3.8) is 0 Å². The van der Waals surface area contributed by atoms with Crippen molar-refractivity contribution in [2.24, 2.45) is 0 Å². The number of thioether (sulfide) groups is 1. The van der Waals surface area contributed by atoms with E-state index < -0.39 is 0 Å². The maximum atomic E-state index is 12.4. The molecule has 6 nitrogen and oxygen atoms in total. The van der Waals surface area contributed by atoms with E-state index in [0.29, 0.717) is 18.8 Å². The largest absolute Gasteiger partial charge is 0.372 e. The third-order valence-electron chi connectivity index (χ3n) is 3.86. The lowest BCUT2D eigenvalue weighted by molar-refractivity contribution is -0.140. The lowest BCUT2D eigenvalue weighted by atomic mass is 10.2. The number of hydrogen-bond donors (Lipinski definition) is 0. The molecule has 8 heteroatoms. The average molecular weight is 367 g/mol. The number of amides is 1. The molecule has 3 rings (SSSR count). The average Bonchev–Trinajstić information content (AvgIpc) is 3.21. The highest BCUT2D eigenvalue weighted by Crippen LogP contribution is 2.19. The third kappa shape index (κ3) is 4.58. The van der Waals surface area contributed by atoms with Crippen molar-refractivity contribution in [3.05, 3.63) is 28.7 Å². The van der Waals surface area contributed by atoms with Crippen LogP contribution in [-0.2, 0) is 22.5 Å². The van der Waals surface area contributed by atoms with Gasteiger partial charge in [-0.1, -0.05) is 17.8 Å². The van der Waals surface area contributed by atoms with Crippen LogP contribution in [0.4, 0.5) is 0 Å². The van der Waals surface area contributed by atoms with E-state index in [1.807, 2.05) is 23.3 Å². The second-order valence-electron chi connectivity index (χ2n) is 5.98. The van der Waals surface area contributed by atoms with Gasteiger partial charge in [0.2, 0.25) is 5.91 Å². The van der Waals surface area contributed by atoms with E-state index in [9.17, 15) is 4.79 Å². The summed E-state index contributed by atoms with van der Waals surface area (Å²) in [4.78, 5) is 15.7. The topological polar surface area (TPSA) is 60.2 Å². The molecule has 0 radical (unpaired) electrons. The first-order chi connectivity index (χ1) is 11.6. The van der Waals surface area contributed by atoms with Gasteiger partial charge in [-0.25, -0.2) is 0 Å². The molecule has 1 saturated heterocycles. The molecule has 0 N–H and O–H groups in total. The van der Waals surface area contributed by atoms with Crippen LogP contribution in [0.1, 0.15) is 18.7 Å². The Balaban J connectivity index is 1.51. The van der Waals surface area contributed by atoms with Gasteiger partial charge in [-0.15, -0.1) is 21.5 Å². The van der Waals surface area contributed by atoms with E-state index in [1.54, 1.807) is 17.7 Å². The molecule has 2 atom stereocenters. The van der Waals surface area contributed by atoms with Gasteiger partial charge in [-0.2, -0.15) is 0 Å². The molecule has 2 aromatic heterocycles. The van der Waals surface area contributed by atoms with Crippen LogP contribution < -0.4 is 0 Å². The van der Waals surface area contributed by atoms with Crippen LogP contribution in [0.3, 0.4) is 0 Å². The van der Waals surface area contributed by atoms with E-state index in [2.05, 4.69) is 27.7 Å². The number of ether oxygens (including phenoxy) is 1. The highest BCUT2D eigenvalue weighted by molar-refractivity contribution is 7.99. The summed E-state index contributed by atoms with van der Waals surface area (Å²) in [7, 11) is 0. The quantitative estimate of drug-likeness (QED) is 0.734. The lowest BCUT2D eigenvalue weighted by Crippen LogP contribution is -2.48. The summed E-state index contributed by atoms with van der Waals surface area (Å²) in [5.74, 6) is 0.520. The highest BCUT2D eigenvalue weighted by atomic mass is 32.2. The van der Waals surface area contributed by atoms with Crippen molar-refractivity contribution in [2.75, 3.05) is 18.8 Å². The van der Waals surface area contributed by atoms with Gasteiger partial charge in [0, 0.05) is 24.5 Å². The zero-order valence-corrected chi connectivity index (χ0v) is 15.6. The Hall–Kier alpha value is -1.38. The maximum Gasteiger partial charge on any atom is 0.233 e. The molecule has 1 aliphatic rings. The SMILES string of the molecule is CC1CN(C(=O)CSc2nncn2CCc2cccs2)CC(C)O1. The molecule has 24 heavy (non-hydrogen) atoms.